The summed E-state index contributed by atoms with van der Waals surface area (Å²) in [6.07, 6.45) is 4.06. The molecule has 2 fully saturated rings. The van der Waals surface area contributed by atoms with Crippen LogP contribution in [0, 0.1) is 0 Å². The molecule has 0 radical (unpaired) electrons. The summed E-state index contributed by atoms with van der Waals surface area (Å²) in [6.45, 7) is 7.59. The first-order valence-corrected chi connectivity index (χ1v) is 11.4. The van der Waals surface area contributed by atoms with Crippen LogP contribution >= 0.6 is 0 Å². The molecule has 1 aromatic heterocycles. The molecular formula is C21H27N3O2S. The number of benzene rings is 1. The van der Waals surface area contributed by atoms with Gasteiger partial charge in [0.2, 0.25) is 0 Å². The number of rotatable bonds is 4. The van der Waals surface area contributed by atoms with Crippen molar-refractivity contribution in [3.05, 3.63) is 53.7 Å². The molecule has 0 N–H and O–H groups in total. The first kappa shape index (κ1) is 18.6. The number of hydrogen-bond donors (Lipinski definition) is 0. The molecule has 0 bridgehead atoms. The molecule has 2 aliphatic heterocycles. The van der Waals surface area contributed by atoms with E-state index >= 15 is 0 Å². The zero-order chi connectivity index (χ0) is 19.0. The lowest BCUT2D eigenvalue weighted by atomic mass is 10.0. The van der Waals surface area contributed by atoms with Crippen LogP contribution < -0.4 is 0 Å². The van der Waals surface area contributed by atoms with Gasteiger partial charge in [-0.2, -0.15) is 0 Å². The fraction of sp³-hybridized carbons (Fsp3) is 0.476. The SMILES string of the molecule is CC(C)=CCN1CCN(Cc2ccnc3ccccc23)[C@H]2CS(=O)(=O)C[C@H]21. The number of aromatic nitrogens is 1. The summed E-state index contributed by atoms with van der Waals surface area (Å²) in [5, 5.41) is 1.16. The van der Waals surface area contributed by atoms with Crippen LogP contribution in [0.5, 0.6) is 0 Å². The zero-order valence-corrected chi connectivity index (χ0v) is 16.8. The molecule has 0 unspecified atom stereocenters. The standard InChI is InChI=1S/C21H27N3O2S/c1-16(2)8-10-23-11-12-24(21-15-27(25,26)14-20(21)23)13-17-7-9-22-19-6-4-3-5-18(17)19/h3-9,20-21H,10-15H2,1-2H3/t20-,21+/m1/s1. The van der Waals surface area contributed by atoms with E-state index in [0.717, 1.165) is 37.1 Å². The minimum atomic E-state index is -2.98. The number of sulfone groups is 1. The van der Waals surface area contributed by atoms with Crippen LogP contribution in [0.3, 0.4) is 0 Å². The Labute approximate surface area is 161 Å². The highest BCUT2D eigenvalue weighted by molar-refractivity contribution is 7.91. The molecule has 27 heavy (non-hydrogen) atoms. The van der Waals surface area contributed by atoms with Crippen LogP contribution in [-0.4, -0.2) is 66.4 Å². The Balaban J connectivity index is 1.60. The average Bonchev–Trinajstić information content (AvgIpc) is 2.97. The summed E-state index contributed by atoms with van der Waals surface area (Å²) in [5.74, 6) is 0.549. The Morgan fingerprint density at radius 1 is 1.11 bits per heavy atom. The lowest BCUT2D eigenvalue weighted by molar-refractivity contribution is 0.0480. The van der Waals surface area contributed by atoms with E-state index in [0.29, 0.717) is 0 Å². The first-order chi connectivity index (χ1) is 12.9. The maximum atomic E-state index is 12.4. The molecule has 6 heteroatoms. The van der Waals surface area contributed by atoms with Crippen molar-refractivity contribution in [1.82, 2.24) is 14.8 Å². The Morgan fingerprint density at radius 2 is 1.81 bits per heavy atom. The van der Waals surface area contributed by atoms with Crippen LogP contribution in [0.2, 0.25) is 0 Å². The van der Waals surface area contributed by atoms with E-state index in [-0.39, 0.29) is 23.6 Å². The van der Waals surface area contributed by atoms with Crippen molar-refractivity contribution < 1.29 is 8.42 Å². The van der Waals surface area contributed by atoms with Gasteiger partial charge in [-0.25, -0.2) is 8.42 Å². The van der Waals surface area contributed by atoms with E-state index in [1.165, 1.54) is 11.1 Å². The molecule has 5 nitrogen and oxygen atoms in total. The maximum Gasteiger partial charge on any atom is 0.153 e. The van der Waals surface area contributed by atoms with Crippen molar-refractivity contribution in [3.8, 4) is 0 Å². The molecule has 4 rings (SSSR count). The third kappa shape index (κ3) is 3.93. The fourth-order valence-corrected chi connectivity index (χ4v) is 6.37. The quantitative estimate of drug-likeness (QED) is 0.757. The molecule has 2 saturated heterocycles. The van der Waals surface area contributed by atoms with E-state index in [4.69, 9.17) is 0 Å². The highest BCUT2D eigenvalue weighted by Crippen LogP contribution is 2.29. The van der Waals surface area contributed by atoms with Gasteiger partial charge in [0.25, 0.3) is 0 Å². The third-order valence-corrected chi connectivity index (χ3v) is 7.45. The van der Waals surface area contributed by atoms with Gasteiger partial charge in [-0.1, -0.05) is 29.8 Å². The summed E-state index contributed by atoms with van der Waals surface area (Å²) in [4.78, 5) is 9.17. The lowest BCUT2D eigenvalue weighted by Crippen LogP contribution is -2.58. The molecule has 2 atom stereocenters. The number of hydrogen-bond acceptors (Lipinski definition) is 5. The highest BCUT2D eigenvalue weighted by Gasteiger charge is 2.46. The van der Waals surface area contributed by atoms with Crippen LogP contribution in [0.4, 0.5) is 0 Å². The minimum Gasteiger partial charge on any atom is -0.293 e. The van der Waals surface area contributed by atoms with Crippen LogP contribution in [-0.2, 0) is 16.4 Å². The Kier molecular flexibility index (Phi) is 5.05. The number of fused-ring (bicyclic) bond motifs is 2. The van der Waals surface area contributed by atoms with Crippen LogP contribution in [0.25, 0.3) is 10.9 Å². The number of allylic oxidation sites excluding steroid dienone is 1. The van der Waals surface area contributed by atoms with E-state index < -0.39 is 9.84 Å². The highest BCUT2D eigenvalue weighted by atomic mass is 32.2. The molecule has 0 saturated carbocycles. The summed E-state index contributed by atoms with van der Waals surface area (Å²) in [7, 11) is -2.98. The maximum absolute atomic E-state index is 12.4. The lowest BCUT2D eigenvalue weighted by Gasteiger charge is -2.43. The molecule has 0 amide bonds. The minimum absolute atomic E-state index is 0.0706. The second-order valence-electron chi connectivity index (χ2n) is 7.95. The second-order valence-corrected chi connectivity index (χ2v) is 10.1. The van der Waals surface area contributed by atoms with E-state index in [9.17, 15) is 8.42 Å². The summed E-state index contributed by atoms with van der Waals surface area (Å²) in [6, 6.07) is 10.4. The van der Waals surface area contributed by atoms with Crippen LogP contribution in [0.1, 0.15) is 19.4 Å². The van der Waals surface area contributed by atoms with Crippen molar-refractivity contribution in [2.45, 2.75) is 32.5 Å². The molecule has 0 spiro atoms. The molecular weight excluding hydrogens is 358 g/mol. The van der Waals surface area contributed by atoms with Crippen molar-refractivity contribution in [3.63, 3.8) is 0 Å². The Morgan fingerprint density at radius 3 is 2.59 bits per heavy atom. The number of para-hydroxylation sites is 1. The van der Waals surface area contributed by atoms with E-state index in [2.05, 4.69) is 46.8 Å². The monoisotopic (exact) mass is 385 g/mol. The third-order valence-electron chi connectivity index (χ3n) is 5.75. The van der Waals surface area contributed by atoms with Gasteiger partial charge < -0.3 is 0 Å². The van der Waals surface area contributed by atoms with Gasteiger partial charge in [0, 0.05) is 49.8 Å². The van der Waals surface area contributed by atoms with Gasteiger partial charge in [-0.05, 0) is 31.5 Å². The smallest absolute Gasteiger partial charge is 0.153 e. The zero-order valence-electron chi connectivity index (χ0n) is 16.0. The first-order valence-electron chi connectivity index (χ1n) is 9.57. The largest absolute Gasteiger partial charge is 0.293 e. The van der Waals surface area contributed by atoms with Crippen molar-refractivity contribution >= 4 is 20.7 Å². The van der Waals surface area contributed by atoms with Crippen LogP contribution in [0.15, 0.2) is 48.2 Å². The van der Waals surface area contributed by atoms with Crippen molar-refractivity contribution in [2.24, 2.45) is 0 Å². The van der Waals surface area contributed by atoms with Gasteiger partial charge in [-0.3, -0.25) is 14.8 Å². The van der Waals surface area contributed by atoms with Gasteiger partial charge in [-0.15, -0.1) is 0 Å². The van der Waals surface area contributed by atoms with Gasteiger partial charge in [0.15, 0.2) is 9.84 Å². The van der Waals surface area contributed by atoms with Crippen molar-refractivity contribution in [1.29, 1.82) is 0 Å². The predicted octanol–water partition coefficient (Wildman–Crippen LogP) is 2.48. The normalized spacial score (nSPS) is 25.4. The van der Waals surface area contributed by atoms with E-state index in [1.54, 1.807) is 0 Å². The predicted molar refractivity (Wildman–Crippen MR) is 109 cm³/mol. The molecule has 144 valence electrons. The molecule has 2 aromatic rings. The fourth-order valence-electron chi connectivity index (χ4n) is 4.33. The number of nitrogens with zero attached hydrogens (tertiary/aromatic N) is 3. The van der Waals surface area contributed by atoms with Gasteiger partial charge in [0.1, 0.15) is 0 Å². The molecule has 1 aromatic carbocycles. The molecule has 3 heterocycles. The van der Waals surface area contributed by atoms with Crippen molar-refractivity contribution in [2.75, 3.05) is 31.1 Å². The van der Waals surface area contributed by atoms with Gasteiger partial charge in [0.05, 0.1) is 17.0 Å². The van der Waals surface area contributed by atoms with E-state index in [1.807, 2.05) is 24.4 Å². The summed E-state index contributed by atoms with van der Waals surface area (Å²) in [5.41, 5.74) is 3.49. The molecule has 0 aliphatic carbocycles. The Hall–Kier alpha value is -1.76. The summed E-state index contributed by atoms with van der Waals surface area (Å²) >= 11 is 0. The van der Waals surface area contributed by atoms with Gasteiger partial charge >= 0.3 is 0 Å². The topological polar surface area (TPSA) is 53.5 Å². The second kappa shape index (κ2) is 7.34. The average molecular weight is 386 g/mol. The molecule has 2 aliphatic rings. The number of pyridine rings is 1. The number of piperazine rings is 1. The Bertz CT molecular complexity index is 961. The summed E-state index contributed by atoms with van der Waals surface area (Å²) < 4.78 is 24.8.